The van der Waals surface area contributed by atoms with Crippen molar-refractivity contribution in [3.63, 3.8) is 0 Å². The topological polar surface area (TPSA) is 74.5 Å². The van der Waals surface area contributed by atoms with Gasteiger partial charge in [-0.15, -0.1) is 0 Å². The number of hydrogen-bond acceptors (Lipinski definition) is 4. The van der Waals surface area contributed by atoms with E-state index in [0.29, 0.717) is 40.2 Å². The molecule has 3 aromatic rings. The summed E-state index contributed by atoms with van der Waals surface area (Å²) in [5.74, 6) is -0.772. The predicted molar refractivity (Wildman–Crippen MR) is 108 cm³/mol. The normalized spacial score (nSPS) is 11.4. The molecule has 8 heteroatoms. The van der Waals surface area contributed by atoms with Crippen molar-refractivity contribution in [2.45, 2.75) is 32.5 Å². The third kappa shape index (κ3) is 5.77. The Labute approximate surface area is 201 Å². The van der Waals surface area contributed by atoms with Crippen LogP contribution >= 0.6 is 11.6 Å². The summed E-state index contributed by atoms with van der Waals surface area (Å²) < 4.78 is 21.4. The Morgan fingerprint density at radius 2 is 2.00 bits per heavy atom. The zero-order chi connectivity index (χ0) is 21.2. The molecule has 2 aromatic carbocycles. The van der Waals surface area contributed by atoms with Gasteiger partial charge >= 0.3 is 29.6 Å². The van der Waals surface area contributed by atoms with Crippen LogP contribution in [-0.2, 0) is 13.0 Å². The van der Waals surface area contributed by atoms with E-state index < -0.39 is 11.6 Å². The molecule has 0 bridgehead atoms. The van der Waals surface area contributed by atoms with E-state index in [4.69, 9.17) is 16.3 Å². The molecular weight excluding hydrogens is 420 g/mol. The number of aliphatic hydroxyl groups excluding tert-OH is 1. The van der Waals surface area contributed by atoms with Crippen molar-refractivity contribution in [3.8, 4) is 5.75 Å². The van der Waals surface area contributed by atoms with Crippen molar-refractivity contribution < 1.29 is 53.7 Å². The first-order valence-electron chi connectivity index (χ1n) is 9.22. The minimum absolute atomic E-state index is 0. The van der Waals surface area contributed by atoms with Gasteiger partial charge in [-0.05, 0) is 50.1 Å². The summed E-state index contributed by atoms with van der Waals surface area (Å²) in [6.45, 7) is 2.98. The van der Waals surface area contributed by atoms with Gasteiger partial charge in [0.25, 0.3) is 0 Å². The third-order valence-corrected chi connectivity index (χ3v) is 4.75. The van der Waals surface area contributed by atoms with E-state index in [0.717, 1.165) is 5.56 Å². The maximum absolute atomic E-state index is 13.9. The number of carbonyl (C=O) groups excluding carboxylic acids is 1. The van der Waals surface area contributed by atoms with Crippen LogP contribution in [0.4, 0.5) is 4.39 Å². The number of nitrogens with zero attached hydrogens (tertiary/aromatic N) is 1. The van der Waals surface area contributed by atoms with Crippen LogP contribution in [0.3, 0.4) is 0 Å². The van der Waals surface area contributed by atoms with Crippen LogP contribution in [0.25, 0.3) is 10.9 Å². The summed E-state index contributed by atoms with van der Waals surface area (Å²) in [6.07, 6.45) is 2.11. The molecule has 30 heavy (non-hydrogen) atoms. The molecule has 5 nitrogen and oxygen atoms in total. The Bertz CT molecular complexity index is 1050. The Kier molecular flexibility index (Phi) is 8.36. The summed E-state index contributed by atoms with van der Waals surface area (Å²) in [6, 6.07) is 10.0. The first-order chi connectivity index (χ1) is 13.7. The van der Waals surface area contributed by atoms with Gasteiger partial charge in [0, 0.05) is 39.9 Å². The largest absolute Gasteiger partial charge is 1.00 e. The molecule has 154 valence electrons. The van der Waals surface area contributed by atoms with E-state index in [1.165, 1.54) is 19.9 Å². The first kappa shape index (κ1) is 24.7. The molecule has 0 radical (unpaired) electrons. The van der Waals surface area contributed by atoms with Gasteiger partial charge in [-0.2, -0.15) is 0 Å². The molecule has 0 aliphatic rings. The van der Waals surface area contributed by atoms with Gasteiger partial charge in [-0.1, -0.05) is 23.7 Å². The smallest absolute Gasteiger partial charge is 0.545 e. The third-order valence-electron chi connectivity index (χ3n) is 4.52. The van der Waals surface area contributed by atoms with Crippen molar-refractivity contribution >= 4 is 28.5 Å². The van der Waals surface area contributed by atoms with E-state index in [1.807, 2.05) is 4.57 Å². The molecule has 0 amide bonds. The van der Waals surface area contributed by atoms with Gasteiger partial charge in [-0.3, -0.25) is 0 Å². The number of aliphatic hydroxyl groups is 1. The molecule has 0 spiro atoms. The minimum Gasteiger partial charge on any atom is -0.545 e. The Morgan fingerprint density at radius 3 is 2.63 bits per heavy atom. The maximum Gasteiger partial charge on any atom is 1.00 e. The summed E-state index contributed by atoms with van der Waals surface area (Å²) in [4.78, 5) is 11.6. The molecule has 0 saturated carbocycles. The van der Waals surface area contributed by atoms with Crippen molar-refractivity contribution in [2.24, 2.45) is 0 Å². The second-order valence-corrected chi connectivity index (χ2v) is 7.94. The second-order valence-electron chi connectivity index (χ2n) is 7.50. The van der Waals surface area contributed by atoms with Crippen molar-refractivity contribution in [3.05, 3.63) is 64.3 Å². The van der Waals surface area contributed by atoms with E-state index in [2.05, 4.69) is 0 Å². The van der Waals surface area contributed by atoms with Crippen LogP contribution in [0.15, 0.2) is 42.6 Å². The first-order valence-corrected chi connectivity index (χ1v) is 9.60. The second kappa shape index (κ2) is 10.2. The average Bonchev–Trinajstić information content (AvgIpc) is 2.98. The number of ether oxygens (including phenoxy) is 1. The zero-order valence-electron chi connectivity index (χ0n) is 17.2. The average molecular weight is 442 g/mol. The Hall–Kier alpha value is -1.57. The number of carbonyl (C=O) groups is 1. The molecule has 0 saturated heterocycles. The van der Waals surface area contributed by atoms with Gasteiger partial charge < -0.3 is 24.3 Å². The number of hydrogen-bond donors (Lipinski definition) is 1. The molecule has 0 atom stereocenters. The van der Waals surface area contributed by atoms with Gasteiger partial charge in [0.1, 0.15) is 18.0 Å². The molecular formula is C22H22ClFNNaO4. The van der Waals surface area contributed by atoms with E-state index in [-0.39, 0.29) is 48.3 Å². The van der Waals surface area contributed by atoms with Crippen LogP contribution < -0.4 is 39.4 Å². The standard InChI is InChI=1S/C22H23ClFNO4.Na/c1-22(2,24)13-29-19-7-6-16(23)10-15(19)12-25-11-14(8-9-26)20-17(21(27)28)4-3-5-18(20)25;/h3-7,10-11,26H,8-9,12-13H2,1-2H3,(H,27,28);/q;+1/p-1. The van der Waals surface area contributed by atoms with E-state index in [1.54, 1.807) is 36.5 Å². The molecule has 0 fully saturated rings. The molecule has 0 unspecified atom stereocenters. The number of rotatable bonds is 8. The summed E-state index contributed by atoms with van der Waals surface area (Å²) in [5, 5.41) is 22.0. The SMILES string of the molecule is CC(C)(F)COc1ccc(Cl)cc1Cn1cc(CCO)c2c(C(=O)[O-])cccc21.[Na+]. The van der Waals surface area contributed by atoms with Crippen LogP contribution in [0.1, 0.15) is 35.3 Å². The number of fused-ring (bicyclic) bond motifs is 1. The van der Waals surface area contributed by atoms with Crippen molar-refractivity contribution in [1.29, 1.82) is 0 Å². The summed E-state index contributed by atoms with van der Waals surface area (Å²) in [5.41, 5.74) is 0.706. The number of carboxylic acids is 1. The number of aromatic nitrogens is 1. The van der Waals surface area contributed by atoms with Gasteiger partial charge in [-0.25, -0.2) is 4.39 Å². The number of alkyl halides is 1. The number of carboxylic acid groups (broad SMARTS) is 1. The Morgan fingerprint density at radius 1 is 1.27 bits per heavy atom. The molecule has 1 N–H and O–H groups in total. The van der Waals surface area contributed by atoms with Crippen LogP contribution in [0.2, 0.25) is 5.02 Å². The van der Waals surface area contributed by atoms with Crippen molar-refractivity contribution in [2.75, 3.05) is 13.2 Å². The predicted octanol–water partition coefficient (Wildman–Crippen LogP) is 0.372. The van der Waals surface area contributed by atoms with Gasteiger partial charge in [0.2, 0.25) is 0 Å². The molecule has 0 aliphatic carbocycles. The number of halogens is 2. The summed E-state index contributed by atoms with van der Waals surface area (Å²) >= 11 is 6.16. The quantitative estimate of drug-likeness (QED) is 0.513. The van der Waals surface area contributed by atoms with Crippen LogP contribution in [-0.4, -0.2) is 34.5 Å². The summed E-state index contributed by atoms with van der Waals surface area (Å²) in [7, 11) is 0. The monoisotopic (exact) mass is 441 g/mol. The van der Waals surface area contributed by atoms with Crippen LogP contribution in [0, 0.1) is 0 Å². The minimum atomic E-state index is -1.49. The fourth-order valence-corrected chi connectivity index (χ4v) is 3.49. The number of aromatic carboxylic acids is 1. The fourth-order valence-electron chi connectivity index (χ4n) is 3.30. The van der Waals surface area contributed by atoms with Crippen molar-refractivity contribution in [1.82, 2.24) is 4.57 Å². The van der Waals surface area contributed by atoms with E-state index in [9.17, 15) is 19.4 Å². The zero-order valence-corrected chi connectivity index (χ0v) is 20.0. The number of benzene rings is 2. The molecule has 3 rings (SSSR count). The molecule has 1 aromatic heterocycles. The van der Waals surface area contributed by atoms with E-state index >= 15 is 0 Å². The maximum atomic E-state index is 13.9. The van der Waals surface area contributed by atoms with Gasteiger partial charge in [0.05, 0.1) is 12.5 Å². The molecule has 0 aliphatic heterocycles. The van der Waals surface area contributed by atoms with Crippen LogP contribution in [0.5, 0.6) is 5.75 Å². The fraction of sp³-hybridized carbons (Fsp3) is 0.318. The Balaban J connectivity index is 0.00000320. The van der Waals surface area contributed by atoms with Gasteiger partial charge in [0.15, 0.2) is 0 Å². The molecule has 1 heterocycles.